The van der Waals surface area contributed by atoms with Gasteiger partial charge in [0.2, 0.25) is 0 Å². The van der Waals surface area contributed by atoms with Crippen LogP contribution in [0.15, 0.2) is 59.4 Å². The van der Waals surface area contributed by atoms with Gasteiger partial charge in [-0.15, -0.1) is 11.3 Å². The molecule has 0 unspecified atom stereocenters. The van der Waals surface area contributed by atoms with Gasteiger partial charge in [0, 0.05) is 39.7 Å². The summed E-state index contributed by atoms with van der Waals surface area (Å²) in [6.45, 7) is 4.21. The molecule has 114 valence electrons. The van der Waals surface area contributed by atoms with Gasteiger partial charge in [-0.05, 0) is 56.4 Å². The second kappa shape index (κ2) is 4.71. The van der Waals surface area contributed by atoms with E-state index in [1.165, 1.54) is 34.7 Å². The molecule has 4 rings (SSSR count). The molecule has 0 radical (unpaired) electrons. The summed E-state index contributed by atoms with van der Waals surface area (Å²) in [6.07, 6.45) is 14.9. The monoisotopic (exact) mass is 310 g/mol. The Morgan fingerprint density at radius 3 is 2.77 bits per heavy atom. The highest BCUT2D eigenvalue weighted by Crippen LogP contribution is 2.55. The van der Waals surface area contributed by atoms with Gasteiger partial charge in [0.1, 0.15) is 0 Å². The van der Waals surface area contributed by atoms with Gasteiger partial charge < -0.3 is 10.6 Å². The topological polar surface area (TPSA) is 29.3 Å². The first-order valence-corrected chi connectivity index (χ1v) is 8.79. The molecule has 2 N–H and O–H groups in total. The molecule has 1 fully saturated rings. The lowest BCUT2D eigenvalue weighted by Gasteiger charge is -2.37. The quantitative estimate of drug-likeness (QED) is 0.880. The molecule has 0 bridgehead atoms. The standard InChI is InChI=1S/C19H22N2S/c1-18(2,20)11-14-12-19(7-8-19)13-16-15(5-3-9-21(14)16)17-6-4-10-22-17/h3-6,9-10,12-13H,7-8,11,20H2,1-2H3. The third kappa shape index (κ3) is 2.49. The van der Waals surface area contributed by atoms with Gasteiger partial charge in [0.25, 0.3) is 0 Å². The van der Waals surface area contributed by atoms with Crippen molar-refractivity contribution in [2.45, 2.75) is 38.6 Å². The number of hydrogen-bond acceptors (Lipinski definition) is 3. The van der Waals surface area contributed by atoms with Crippen LogP contribution in [0.1, 0.15) is 38.0 Å². The van der Waals surface area contributed by atoms with E-state index in [0.29, 0.717) is 0 Å². The molecule has 0 saturated heterocycles. The van der Waals surface area contributed by atoms with Crippen molar-refractivity contribution in [3.63, 3.8) is 0 Å². The van der Waals surface area contributed by atoms with Crippen LogP contribution in [-0.2, 0) is 0 Å². The van der Waals surface area contributed by atoms with Gasteiger partial charge >= 0.3 is 0 Å². The van der Waals surface area contributed by atoms with Crippen molar-refractivity contribution in [1.29, 1.82) is 0 Å². The van der Waals surface area contributed by atoms with Gasteiger partial charge in [0.05, 0.1) is 5.70 Å². The first kappa shape index (κ1) is 14.0. The minimum atomic E-state index is -0.192. The summed E-state index contributed by atoms with van der Waals surface area (Å²) in [5.74, 6) is 0. The second-order valence-electron chi connectivity index (χ2n) is 7.33. The van der Waals surface area contributed by atoms with Gasteiger partial charge in [0.15, 0.2) is 0 Å². The maximum Gasteiger partial charge on any atom is 0.0507 e. The molecule has 1 saturated carbocycles. The number of nitrogens with two attached hydrogens (primary N) is 1. The molecule has 0 aromatic carbocycles. The first-order chi connectivity index (χ1) is 10.5. The molecule has 1 aromatic rings. The van der Waals surface area contributed by atoms with Gasteiger partial charge in [-0.25, -0.2) is 0 Å². The average molecular weight is 310 g/mol. The lowest BCUT2D eigenvalue weighted by Crippen LogP contribution is -2.36. The maximum atomic E-state index is 6.30. The fraction of sp³-hybridized carbons (Fsp3) is 0.368. The third-order valence-corrected chi connectivity index (χ3v) is 5.38. The SMILES string of the molecule is CC(C)(N)CC1=CC2(C=C3C(c4cccs4)=CC=CN13)CC2. The van der Waals surface area contributed by atoms with Gasteiger partial charge in [-0.2, -0.15) is 0 Å². The Labute approximate surface area is 136 Å². The molecule has 1 spiro atoms. The molecule has 2 nitrogen and oxygen atoms in total. The Morgan fingerprint density at radius 1 is 1.32 bits per heavy atom. The molecule has 0 atom stereocenters. The number of allylic oxidation sites excluding steroid dienone is 5. The van der Waals surface area contributed by atoms with Crippen molar-refractivity contribution in [3.8, 4) is 0 Å². The highest BCUT2D eigenvalue weighted by Gasteiger charge is 2.44. The predicted molar refractivity (Wildman–Crippen MR) is 94.0 cm³/mol. The maximum absolute atomic E-state index is 6.30. The van der Waals surface area contributed by atoms with Crippen LogP contribution in [0, 0.1) is 5.41 Å². The molecular weight excluding hydrogens is 288 g/mol. The molecular formula is C19H22N2S. The lowest BCUT2D eigenvalue weighted by atomic mass is 9.89. The van der Waals surface area contributed by atoms with E-state index in [1.807, 2.05) is 0 Å². The number of fused-ring (bicyclic) bond motifs is 1. The van der Waals surface area contributed by atoms with E-state index in [4.69, 9.17) is 5.73 Å². The number of thiophene rings is 1. The number of rotatable bonds is 3. The van der Waals surface area contributed by atoms with Crippen LogP contribution in [0.25, 0.3) is 5.57 Å². The molecule has 3 heteroatoms. The fourth-order valence-corrected chi connectivity index (χ4v) is 4.07. The van der Waals surface area contributed by atoms with Crippen molar-refractivity contribution in [1.82, 2.24) is 4.90 Å². The van der Waals surface area contributed by atoms with Crippen molar-refractivity contribution in [2.24, 2.45) is 11.1 Å². The van der Waals surface area contributed by atoms with E-state index < -0.39 is 0 Å². The summed E-state index contributed by atoms with van der Waals surface area (Å²) < 4.78 is 0. The van der Waals surface area contributed by atoms with Crippen LogP contribution in [0.5, 0.6) is 0 Å². The Bertz CT molecular complexity index is 707. The van der Waals surface area contributed by atoms with Gasteiger partial charge in [-0.1, -0.05) is 12.1 Å². The summed E-state index contributed by atoms with van der Waals surface area (Å²) in [5, 5.41) is 2.15. The molecule has 3 heterocycles. The summed E-state index contributed by atoms with van der Waals surface area (Å²) in [7, 11) is 0. The van der Waals surface area contributed by atoms with Crippen LogP contribution in [0.3, 0.4) is 0 Å². The van der Waals surface area contributed by atoms with E-state index in [-0.39, 0.29) is 11.0 Å². The Balaban J connectivity index is 1.75. The lowest BCUT2D eigenvalue weighted by molar-refractivity contribution is 0.433. The third-order valence-electron chi connectivity index (χ3n) is 4.47. The van der Waals surface area contributed by atoms with E-state index in [0.717, 1.165) is 6.42 Å². The van der Waals surface area contributed by atoms with Crippen molar-refractivity contribution >= 4 is 16.9 Å². The molecule has 1 aliphatic carbocycles. The largest absolute Gasteiger partial charge is 0.325 e. The Kier molecular flexibility index (Phi) is 3.00. The minimum Gasteiger partial charge on any atom is -0.325 e. The summed E-state index contributed by atoms with van der Waals surface area (Å²) in [5.41, 5.74) is 10.4. The second-order valence-corrected chi connectivity index (χ2v) is 8.28. The first-order valence-electron chi connectivity index (χ1n) is 7.91. The van der Waals surface area contributed by atoms with Crippen LogP contribution >= 0.6 is 11.3 Å². The summed E-state index contributed by atoms with van der Waals surface area (Å²) in [6, 6.07) is 4.33. The Hall–Kier alpha value is -1.58. The molecule has 0 amide bonds. The minimum absolute atomic E-state index is 0.192. The Morgan fingerprint density at radius 2 is 2.14 bits per heavy atom. The van der Waals surface area contributed by atoms with Crippen molar-refractivity contribution in [3.05, 3.63) is 64.3 Å². The predicted octanol–water partition coefficient (Wildman–Crippen LogP) is 4.65. The number of nitrogens with zero attached hydrogens (tertiary/aromatic N) is 1. The fourth-order valence-electron chi connectivity index (χ4n) is 3.31. The molecule has 2 aliphatic heterocycles. The average Bonchev–Trinajstić information content (AvgIpc) is 2.99. The number of hydrogen-bond donors (Lipinski definition) is 1. The van der Waals surface area contributed by atoms with Crippen molar-refractivity contribution < 1.29 is 0 Å². The van der Waals surface area contributed by atoms with E-state index in [9.17, 15) is 0 Å². The normalized spacial score (nSPS) is 22.1. The van der Waals surface area contributed by atoms with Gasteiger partial charge in [-0.3, -0.25) is 0 Å². The van der Waals surface area contributed by atoms with Crippen LogP contribution in [0.2, 0.25) is 0 Å². The highest BCUT2D eigenvalue weighted by atomic mass is 32.1. The molecule has 3 aliphatic rings. The smallest absolute Gasteiger partial charge is 0.0507 e. The van der Waals surface area contributed by atoms with E-state index in [2.05, 4.69) is 66.8 Å². The zero-order valence-electron chi connectivity index (χ0n) is 13.2. The van der Waals surface area contributed by atoms with Crippen molar-refractivity contribution in [2.75, 3.05) is 0 Å². The van der Waals surface area contributed by atoms with Crippen LogP contribution < -0.4 is 5.73 Å². The summed E-state index contributed by atoms with van der Waals surface area (Å²) >= 11 is 1.81. The van der Waals surface area contributed by atoms with Crippen LogP contribution in [-0.4, -0.2) is 10.4 Å². The zero-order chi connectivity index (χ0) is 15.4. The van der Waals surface area contributed by atoms with E-state index in [1.54, 1.807) is 11.3 Å². The molecule has 1 aromatic heterocycles. The summed E-state index contributed by atoms with van der Waals surface area (Å²) in [4.78, 5) is 3.68. The van der Waals surface area contributed by atoms with Crippen LogP contribution in [0.4, 0.5) is 0 Å². The molecule has 22 heavy (non-hydrogen) atoms. The highest BCUT2D eigenvalue weighted by molar-refractivity contribution is 7.11. The zero-order valence-corrected chi connectivity index (χ0v) is 14.0. The van der Waals surface area contributed by atoms with E-state index >= 15 is 0 Å².